The maximum absolute atomic E-state index is 11.2. The number of amides is 2. The van der Waals surface area contributed by atoms with Crippen LogP contribution in [-0.4, -0.2) is 24.6 Å². The fourth-order valence-electron chi connectivity index (χ4n) is 1.08. The molecule has 0 radical (unpaired) electrons. The highest BCUT2D eigenvalue weighted by atomic mass is 79.9. The van der Waals surface area contributed by atoms with Gasteiger partial charge in [-0.25, -0.2) is 5.43 Å². The van der Waals surface area contributed by atoms with E-state index >= 15 is 0 Å². The lowest BCUT2D eigenvalue weighted by atomic mass is 10.2. The monoisotopic (exact) mass is 311 g/mol. The van der Waals surface area contributed by atoms with E-state index in [9.17, 15) is 9.59 Å². The number of nitrogens with one attached hydrogen (secondary N) is 2. The van der Waals surface area contributed by atoms with E-state index in [1.807, 2.05) is 31.2 Å². The first kappa shape index (κ1) is 14.4. The smallest absolute Gasteiger partial charge is 0.329 e. The van der Waals surface area contributed by atoms with Crippen LogP contribution in [0.5, 0.6) is 0 Å². The van der Waals surface area contributed by atoms with Gasteiger partial charge >= 0.3 is 11.8 Å². The summed E-state index contributed by atoms with van der Waals surface area (Å²) in [5.74, 6) is -1.44. The van der Waals surface area contributed by atoms with E-state index < -0.39 is 11.8 Å². The number of nitrogens with zero attached hydrogens (tertiary/aromatic N) is 1. The minimum Gasteiger partial charge on any atom is -0.348 e. The molecule has 0 aromatic heterocycles. The van der Waals surface area contributed by atoms with Crippen LogP contribution in [0.1, 0.15) is 18.9 Å². The first-order chi connectivity index (χ1) is 8.63. The van der Waals surface area contributed by atoms with E-state index in [0.717, 1.165) is 16.5 Å². The molecule has 0 aliphatic heterocycles. The Labute approximate surface area is 114 Å². The first-order valence-corrected chi connectivity index (χ1v) is 6.29. The van der Waals surface area contributed by atoms with Gasteiger partial charge in [0, 0.05) is 11.0 Å². The number of benzene rings is 1. The molecule has 18 heavy (non-hydrogen) atoms. The second-order valence-corrected chi connectivity index (χ2v) is 4.42. The first-order valence-electron chi connectivity index (χ1n) is 5.50. The highest BCUT2D eigenvalue weighted by Crippen LogP contribution is 2.08. The molecule has 2 amide bonds. The molecule has 0 unspecified atom stereocenters. The zero-order valence-corrected chi connectivity index (χ0v) is 11.5. The van der Waals surface area contributed by atoms with Gasteiger partial charge in [-0.15, -0.1) is 0 Å². The number of rotatable bonds is 4. The van der Waals surface area contributed by atoms with Gasteiger partial charge in [0.15, 0.2) is 0 Å². The summed E-state index contributed by atoms with van der Waals surface area (Å²) in [4.78, 5) is 22.4. The molecule has 1 aromatic rings. The van der Waals surface area contributed by atoms with Crippen molar-refractivity contribution >= 4 is 34.0 Å². The predicted molar refractivity (Wildman–Crippen MR) is 73.2 cm³/mol. The van der Waals surface area contributed by atoms with Gasteiger partial charge in [0.25, 0.3) is 0 Å². The maximum atomic E-state index is 11.2. The number of hydrogen-bond donors (Lipinski definition) is 2. The number of hydrazone groups is 1. The molecule has 2 N–H and O–H groups in total. The van der Waals surface area contributed by atoms with Gasteiger partial charge in [0.1, 0.15) is 0 Å². The molecule has 0 atom stereocenters. The van der Waals surface area contributed by atoms with E-state index in [1.54, 1.807) is 0 Å². The molecule has 5 nitrogen and oxygen atoms in total. The van der Waals surface area contributed by atoms with Crippen molar-refractivity contribution in [2.45, 2.75) is 13.3 Å². The van der Waals surface area contributed by atoms with Gasteiger partial charge in [-0.3, -0.25) is 9.59 Å². The fourth-order valence-corrected chi connectivity index (χ4v) is 1.35. The zero-order chi connectivity index (χ0) is 13.4. The maximum Gasteiger partial charge on any atom is 0.329 e. The Morgan fingerprint density at radius 2 is 1.94 bits per heavy atom. The summed E-state index contributed by atoms with van der Waals surface area (Å²) < 4.78 is 0.961. The zero-order valence-electron chi connectivity index (χ0n) is 9.94. The van der Waals surface area contributed by atoms with Crippen LogP contribution in [0.15, 0.2) is 33.8 Å². The number of hydrogen-bond acceptors (Lipinski definition) is 3. The van der Waals surface area contributed by atoms with Crippen molar-refractivity contribution in [2.75, 3.05) is 6.54 Å². The molecular weight excluding hydrogens is 298 g/mol. The molecule has 0 aliphatic rings. The van der Waals surface area contributed by atoms with Crippen molar-refractivity contribution in [3.63, 3.8) is 0 Å². The van der Waals surface area contributed by atoms with E-state index in [2.05, 4.69) is 31.8 Å². The molecule has 6 heteroatoms. The normalized spacial score (nSPS) is 10.3. The van der Waals surface area contributed by atoms with Crippen molar-refractivity contribution in [3.05, 3.63) is 34.3 Å². The predicted octanol–water partition coefficient (Wildman–Crippen LogP) is 1.43. The summed E-state index contributed by atoms with van der Waals surface area (Å²) in [6.07, 6.45) is 2.25. The average molecular weight is 312 g/mol. The third-order valence-electron chi connectivity index (χ3n) is 1.99. The SMILES string of the molecule is CCCNC(=O)C(=O)N/N=C\c1ccc(Br)cc1. The van der Waals surface area contributed by atoms with Gasteiger partial charge in [0.2, 0.25) is 0 Å². The van der Waals surface area contributed by atoms with Crippen LogP contribution >= 0.6 is 15.9 Å². The van der Waals surface area contributed by atoms with Gasteiger partial charge in [-0.1, -0.05) is 35.0 Å². The van der Waals surface area contributed by atoms with Crippen molar-refractivity contribution in [3.8, 4) is 0 Å². The molecule has 0 bridgehead atoms. The van der Waals surface area contributed by atoms with E-state index in [4.69, 9.17) is 0 Å². The minimum absolute atomic E-state index is 0.475. The highest BCUT2D eigenvalue weighted by molar-refractivity contribution is 9.10. The Hall–Kier alpha value is -1.69. The Morgan fingerprint density at radius 1 is 1.28 bits per heavy atom. The van der Waals surface area contributed by atoms with Crippen LogP contribution in [0, 0.1) is 0 Å². The molecular formula is C12H14BrN3O2. The van der Waals surface area contributed by atoms with Crippen molar-refractivity contribution in [1.82, 2.24) is 10.7 Å². The minimum atomic E-state index is -0.767. The summed E-state index contributed by atoms with van der Waals surface area (Å²) in [5, 5.41) is 6.16. The third-order valence-corrected chi connectivity index (χ3v) is 2.52. The molecule has 0 spiro atoms. The van der Waals surface area contributed by atoms with Crippen LogP contribution in [0.4, 0.5) is 0 Å². The number of halogens is 1. The van der Waals surface area contributed by atoms with Gasteiger partial charge < -0.3 is 5.32 Å². The Balaban J connectivity index is 2.42. The van der Waals surface area contributed by atoms with Gasteiger partial charge in [-0.05, 0) is 24.1 Å². The van der Waals surface area contributed by atoms with E-state index in [1.165, 1.54) is 6.21 Å². The van der Waals surface area contributed by atoms with E-state index in [0.29, 0.717) is 6.54 Å². The largest absolute Gasteiger partial charge is 0.348 e. The second-order valence-electron chi connectivity index (χ2n) is 3.51. The molecule has 96 valence electrons. The lowest BCUT2D eigenvalue weighted by molar-refractivity contribution is -0.139. The van der Waals surface area contributed by atoms with Crippen molar-refractivity contribution in [2.24, 2.45) is 5.10 Å². The number of carbonyl (C=O) groups excluding carboxylic acids is 2. The molecule has 0 saturated heterocycles. The molecule has 0 saturated carbocycles. The molecule has 0 aliphatic carbocycles. The molecule has 1 rings (SSSR count). The quantitative estimate of drug-likeness (QED) is 0.501. The highest BCUT2D eigenvalue weighted by Gasteiger charge is 2.10. The second kappa shape index (κ2) is 7.60. The third kappa shape index (κ3) is 5.09. The summed E-state index contributed by atoms with van der Waals surface area (Å²) in [6.45, 7) is 2.38. The number of carbonyl (C=O) groups is 2. The molecule has 0 fully saturated rings. The van der Waals surface area contributed by atoms with Crippen molar-refractivity contribution in [1.29, 1.82) is 0 Å². The van der Waals surface area contributed by atoms with Gasteiger partial charge in [0.05, 0.1) is 6.21 Å². The standard InChI is InChI=1S/C12H14BrN3O2/c1-2-7-14-11(17)12(18)16-15-8-9-3-5-10(13)6-4-9/h3-6,8H,2,7H2,1H3,(H,14,17)(H,16,18)/b15-8-. The lowest BCUT2D eigenvalue weighted by Crippen LogP contribution is -2.38. The summed E-state index contributed by atoms with van der Waals surface area (Å²) in [6, 6.07) is 7.38. The summed E-state index contributed by atoms with van der Waals surface area (Å²) in [7, 11) is 0. The molecule has 0 heterocycles. The average Bonchev–Trinajstić information content (AvgIpc) is 2.38. The van der Waals surface area contributed by atoms with Gasteiger partial charge in [-0.2, -0.15) is 5.10 Å². The van der Waals surface area contributed by atoms with Crippen LogP contribution in [0.2, 0.25) is 0 Å². The lowest BCUT2D eigenvalue weighted by Gasteiger charge is -2.00. The van der Waals surface area contributed by atoms with Crippen LogP contribution in [-0.2, 0) is 9.59 Å². The van der Waals surface area contributed by atoms with E-state index in [-0.39, 0.29) is 0 Å². The van der Waals surface area contributed by atoms with Crippen LogP contribution in [0.3, 0.4) is 0 Å². The Morgan fingerprint density at radius 3 is 2.56 bits per heavy atom. The summed E-state index contributed by atoms with van der Waals surface area (Å²) in [5.41, 5.74) is 2.99. The topological polar surface area (TPSA) is 70.6 Å². The molecule has 1 aromatic carbocycles. The summed E-state index contributed by atoms with van der Waals surface area (Å²) >= 11 is 3.31. The Kier molecular flexibility index (Phi) is 6.07. The van der Waals surface area contributed by atoms with Crippen LogP contribution in [0.25, 0.3) is 0 Å². The van der Waals surface area contributed by atoms with Crippen LogP contribution < -0.4 is 10.7 Å². The Bertz CT molecular complexity index is 443. The fraction of sp³-hybridized carbons (Fsp3) is 0.250. The van der Waals surface area contributed by atoms with Crippen molar-refractivity contribution < 1.29 is 9.59 Å².